The van der Waals surface area contributed by atoms with Gasteiger partial charge in [0, 0.05) is 18.7 Å². The summed E-state index contributed by atoms with van der Waals surface area (Å²) in [7, 11) is 0. The Balaban J connectivity index is 2.09. The molecule has 120 valence electrons. The predicted molar refractivity (Wildman–Crippen MR) is 88.8 cm³/mol. The minimum atomic E-state index is -0.449. The van der Waals surface area contributed by atoms with Crippen LogP contribution < -0.4 is 10.2 Å². The summed E-state index contributed by atoms with van der Waals surface area (Å²) in [6, 6.07) is 7.55. The van der Waals surface area contributed by atoms with Crippen LogP contribution in [0.4, 0.5) is 5.69 Å². The number of hydrogen-bond donors (Lipinski definition) is 1. The van der Waals surface area contributed by atoms with Gasteiger partial charge in [-0.05, 0) is 30.4 Å². The largest absolute Gasteiger partial charge is 0.344 e. The number of benzene rings is 1. The van der Waals surface area contributed by atoms with E-state index in [0.29, 0.717) is 13.0 Å². The van der Waals surface area contributed by atoms with Gasteiger partial charge >= 0.3 is 0 Å². The van der Waals surface area contributed by atoms with Crippen molar-refractivity contribution >= 4 is 17.5 Å². The summed E-state index contributed by atoms with van der Waals surface area (Å²) in [6.07, 6.45) is 3.21. The first-order valence-electron chi connectivity index (χ1n) is 8.23. The van der Waals surface area contributed by atoms with Gasteiger partial charge in [0.2, 0.25) is 11.8 Å². The molecule has 1 aliphatic heterocycles. The molecular formula is C18H26N2O2. The number of carbonyl (C=O) groups excluding carboxylic acids is 2. The number of unbranched alkanes of at least 4 members (excludes halogenated alkanes) is 1. The van der Waals surface area contributed by atoms with Gasteiger partial charge in [-0.3, -0.25) is 9.59 Å². The van der Waals surface area contributed by atoms with E-state index in [2.05, 4.69) is 18.3 Å². The van der Waals surface area contributed by atoms with E-state index in [-0.39, 0.29) is 17.7 Å². The Bertz CT molecular complexity index is 540. The number of amides is 2. The molecule has 4 heteroatoms. The van der Waals surface area contributed by atoms with Crippen molar-refractivity contribution in [1.82, 2.24) is 5.32 Å². The molecule has 1 N–H and O–H groups in total. The number of nitrogens with zero attached hydrogens (tertiary/aromatic N) is 1. The third-order valence-corrected chi connectivity index (χ3v) is 4.16. The molecule has 0 radical (unpaired) electrons. The highest BCUT2D eigenvalue weighted by Gasteiger charge is 2.32. The van der Waals surface area contributed by atoms with Gasteiger partial charge in [-0.25, -0.2) is 0 Å². The number of carbonyl (C=O) groups is 2. The molecular weight excluding hydrogens is 276 g/mol. The molecule has 2 rings (SSSR count). The fraction of sp³-hybridized carbons (Fsp3) is 0.556. The molecule has 0 aliphatic carbocycles. The maximum atomic E-state index is 12.9. The predicted octanol–water partition coefficient (Wildman–Crippen LogP) is 2.91. The Hall–Kier alpha value is -1.84. The molecule has 0 saturated carbocycles. The zero-order chi connectivity index (χ0) is 16.1. The van der Waals surface area contributed by atoms with Crippen LogP contribution in [0, 0.1) is 5.92 Å². The quantitative estimate of drug-likeness (QED) is 0.878. The van der Waals surface area contributed by atoms with Gasteiger partial charge in [0.05, 0.1) is 0 Å². The summed E-state index contributed by atoms with van der Waals surface area (Å²) in [6.45, 7) is 6.71. The molecule has 1 aromatic rings. The van der Waals surface area contributed by atoms with Crippen LogP contribution >= 0.6 is 0 Å². The summed E-state index contributed by atoms with van der Waals surface area (Å²) >= 11 is 0. The summed E-state index contributed by atoms with van der Waals surface area (Å²) in [5.41, 5.74) is 2.19. The highest BCUT2D eigenvalue weighted by Crippen LogP contribution is 2.28. The lowest BCUT2D eigenvalue weighted by Gasteiger charge is -2.27. The fourth-order valence-electron chi connectivity index (χ4n) is 2.83. The maximum absolute atomic E-state index is 12.9. The molecule has 0 fully saturated rings. The van der Waals surface area contributed by atoms with Crippen molar-refractivity contribution in [1.29, 1.82) is 0 Å². The molecule has 0 saturated heterocycles. The first-order chi connectivity index (χ1) is 10.5. The number of nitrogens with one attached hydrogen (secondary N) is 1. The summed E-state index contributed by atoms with van der Waals surface area (Å²) in [4.78, 5) is 26.7. The van der Waals surface area contributed by atoms with Crippen molar-refractivity contribution in [2.45, 2.75) is 52.5 Å². The van der Waals surface area contributed by atoms with Gasteiger partial charge < -0.3 is 10.2 Å². The van der Waals surface area contributed by atoms with E-state index in [1.165, 1.54) is 5.56 Å². The molecule has 1 atom stereocenters. The Morgan fingerprint density at radius 3 is 2.68 bits per heavy atom. The third kappa shape index (κ3) is 3.67. The van der Waals surface area contributed by atoms with Crippen LogP contribution in [0.15, 0.2) is 24.3 Å². The summed E-state index contributed by atoms with van der Waals surface area (Å²) in [5.74, 6) is 0.0528. The lowest BCUT2D eigenvalue weighted by atomic mass is 10.0. The number of hydrogen-bond acceptors (Lipinski definition) is 2. The Morgan fingerprint density at radius 1 is 1.27 bits per heavy atom. The van der Waals surface area contributed by atoms with Crippen molar-refractivity contribution in [3.05, 3.63) is 29.8 Å². The first-order valence-corrected chi connectivity index (χ1v) is 8.23. The first kappa shape index (κ1) is 16.5. The Labute approximate surface area is 132 Å². The van der Waals surface area contributed by atoms with E-state index in [0.717, 1.165) is 24.9 Å². The van der Waals surface area contributed by atoms with Crippen molar-refractivity contribution in [3.8, 4) is 0 Å². The van der Waals surface area contributed by atoms with Crippen LogP contribution in [0.1, 0.15) is 45.6 Å². The molecule has 0 aromatic heterocycles. The second kappa shape index (κ2) is 7.43. The summed E-state index contributed by atoms with van der Waals surface area (Å²) in [5, 5.41) is 2.93. The molecule has 2 amide bonds. The fourth-order valence-corrected chi connectivity index (χ4v) is 2.83. The molecule has 22 heavy (non-hydrogen) atoms. The standard InChI is InChI=1S/C18H26N2O2/c1-4-5-10-16(21)19-17(13(2)3)18(22)20-12-11-14-8-6-7-9-15(14)20/h6-9,13,17H,4-5,10-12H2,1-3H3,(H,19,21)/t17-/m1/s1. The lowest BCUT2D eigenvalue weighted by Crippen LogP contribution is -2.51. The highest BCUT2D eigenvalue weighted by atomic mass is 16.2. The number of fused-ring (bicyclic) bond motifs is 1. The summed E-state index contributed by atoms with van der Waals surface area (Å²) < 4.78 is 0. The van der Waals surface area contributed by atoms with Crippen LogP contribution in [0.3, 0.4) is 0 Å². The second-order valence-corrected chi connectivity index (χ2v) is 6.26. The zero-order valence-electron chi connectivity index (χ0n) is 13.8. The zero-order valence-corrected chi connectivity index (χ0v) is 13.8. The van der Waals surface area contributed by atoms with E-state index >= 15 is 0 Å². The van der Waals surface area contributed by atoms with E-state index in [1.807, 2.05) is 36.9 Å². The number of rotatable bonds is 6. The molecule has 4 nitrogen and oxygen atoms in total. The normalized spacial score (nSPS) is 14.8. The van der Waals surface area contributed by atoms with Crippen LogP contribution in [0.25, 0.3) is 0 Å². The molecule has 0 spiro atoms. The van der Waals surface area contributed by atoms with E-state index in [1.54, 1.807) is 0 Å². The van der Waals surface area contributed by atoms with E-state index < -0.39 is 6.04 Å². The third-order valence-electron chi connectivity index (χ3n) is 4.16. The van der Waals surface area contributed by atoms with E-state index in [9.17, 15) is 9.59 Å². The van der Waals surface area contributed by atoms with Gasteiger partial charge in [0.15, 0.2) is 0 Å². The topological polar surface area (TPSA) is 49.4 Å². The SMILES string of the molecule is CCCCC(=O)N[C@@H](C(=O)N1CCc2ccccc21)C(C)C. The van der Waals surface area contributed by atoms with Crippen LogP contribution in [-0.4, -0.2) is 24.4 Å². The van der Waals surface area contributed by atoms with Crippen LogP contribution in [-0.2, 0) is 16.0 Å². The van der Waals surface area contributed by atoms with Crippen molar-refractivity contribution in [2.24, 2.45) is 5.92 Å². The molecule has 0 unspecified atom stereocenters. The lowest BCUT2D eigenvalue weighted by molar-refractivity contribution is -0.128. The molecule has 1 heterocycles. The molecule has 1 aromatic carbocycles. The van der Waals surface area contributed by atoms with Gasteiger partial charge in [0.25, 0.3) is 0 Å². The van der Waals surface area contributed by atoms with Crippen molar-refractivity contribution in [3.63, 3.8) is 0 Å². The average Bonchev–Trinajstić information content (AvgIpc) is 2.93. The minimum Gasteiger partial charge on any atom is -0.344 e. The van der Waals surface area contributed by atoms with Crippen molar-refractivity contribution in [2.75, 3.05) is 11.4 Å². The van der Waals surface area contributed by atoms with Gasteiger partial charge in [-0.1, -0.05) is 45.4 Å². The van der Waals surface area contributed by atoms with Crippen LogP contribution in [0.5, 0.6) is 0 Å². The minimum absolute atomic E-state index is 0.00444. The monoisotopic (exact) mass is 302 g/mol. The molecule has 0 bridgehead atoms. The van der Waals surface area contributed by atoms with Gasteiger partial charge in [-0.15, -0.1) is 0 Å². The maximum Gasteiger partial charge on any atom is 0.249 e. The van der Waals surface area contributed by atoms with Crippen molar-refractivity contribution < 1.29 is 9.59 Å². The van der Waals surface area contributed by atoms with Gasteiger partial charge in [-0.2, -0.15) is 0 Å². The average molecular weight is 302 g/mol. The second-order valence-electron chi connectivity index (χ2n) is 6.26. The Morgan fingerprint density at radius 2 is 2.00 bits per heavy atom. The molecule has 1 aliphatic rings. The number of para-hydroxylation sites is 1. The van der Waals surface area contributed by atoms with Gasteiger partial charge in [0.1, 0.15) is 6.04 Å². The smallest absolute Gasteiger partial charge is 0.249 e. The number of anilines is 1. The Kier molecular flexibility index (Phi) is 5.58. The highest BCUT2D eigenvalue weighted by molar-refractivity contribution is 6.00. The van der Waals surface area contributed by atoms with E-state index in [4.69, 9.17) is 0 Å². The van der Waals surface area contributed by atoms with Crippen LogP contribution in [0.2, 0.25) is 0 Å².